The first kappa shape index (κ1) is 15.9. The number of hydrogen-bond acceptors (Lipinski definition) is 6. The van der Waals surface area contributed by atoms with Crippen LogP contribution >= 0.6 is 0 Å². The highest BCUT2D eigenvalue weighted by Crippen LogP contribution is 2.12. The average molecular weight is 324 g/mol. The predicted molar refractivity (Wildman–Crippen MR) is 80.2 cm³/mol. The SMILES string of the molecule is O=C(NN1CCOCC1)c1c[nH]c(=O)n(CC2CCCO2)c1=O. The van der Waals surface area contributed by atoms with Gasteiger partial charge in [-0.05, 0) is 12.8 Å². The Kier molecular flexibility index (Phi) is 4.89. The maximum absolute atomic E-state index is 12.4. The monoisotopic (exact) mass is 324 g/mol. The second-order valence-corrected chi connectivity index (χ2v) is 5.60. The van der Waals surface area contributed by atoms with Crippen molar-refractivity contribution in [1.29, 1.82) is 0 Å². The largest absolute Gasteiger partial charge is 0.379 e. The van der Waals surface area contributed by atoms with Gasteiger partial charge >= 0.3 is 5.69 Å². The van der Waals surface area contributed by atoms with Gasteiger partial charge in [-0.3, -0.25) is 19.6 Å². The maximum atomic E-state index is 12.4. The molecule has 1 unspecified atom stereocenters. The summed E-state index contributed by atoms with van der Waals surface area (Å²) in [4.78, 5) is 39.1. The topological polar surface area (TPSA) is 106 Å². The molecule has 2 saturated heterocycles. The summed E-state index contributed by atoms with van der Waals surface area (Å²) in [5.74, 6) is -0.533. The van der Waals surface area contributed by atoms with Gasteiger partial charge in [-0.25, -0.2) is 9.80 Å². The maximum Gasteiger partial charge on any atom is 0.328 e. The molecular weight excluding hydrogens is 304 g/mol. The Morgan fingerprint density at radius 1 is 1.30 bits per heavy atom. The average Bonchev–Trinajstić information content (AvgIpc) is 3.05. The van der Waals surface area contributed by atoms with Crippen LogP contribution in [0.3, 0.4) is 0 Å². The first-order valence-corrected chi connectivity index (χ1v) is 7.73. The fourth-order valence-corrected chi connectivity index (χ4v) is 2.71. The molecule has 1 amide bonds. The number of hydrazine groups is 1. The number of amides is 1. The highest BCUT2D eigenvalue weighted by Gasteiger charge is 2.22. The Balaban J connectivity index is 1.77. The van der Waals surface area contributed by atoms with Gasteiger partial charge in [0.25, 0.3) is 11.5 Å². The Morgan fingerprint density at radius 3 is 2.78 bits per heavy atom. The van der Waals surface area contributed by atoms with Gasteiger partial charge in [0.15, 0.2) is 0 Å². The molecule has 0 spiro atoms. The fraction of sp³-hybridized carbons (Fsp3) is 0.643. The normalized spacial score (nSPS) is 22.2. The van der Waals surface area contributed by atoms with E-state index < -0.39 is 17.2 Å². The summed E-state index contributed by atoms with van der Waals surface area (Å²) in [6.07, 6.45) is 2.71. The standard InChI is InChI=1S/C14H20N4O5/c19-12(16-17-3-6-22-7-4-17)11-8-15-14(21)18(13(11)20)9-10-2-1-5-23-10/h8,10H,1-7,9H2,(H,15,21)(H,16,19). The number of hydrogen-bond donors (Lipinski definition) is 2. The fourth-order valence-electron chi connectivity index (χ4n) is 2.71. The molecule has 2 aliphatic heterocycles. The zero-order valence-electron chi connectivity index (χ0n) is 12.7. The number of H-pyrrole nitrogens is 1. The number of carbonyl (C=O) groups excluding carboxylic acids is 1. The van der Waals surface area contributed by atoms with Crippen LogP contribution in [0.2, 0.25) is 0 Å². The molecule has 2 N–H and O–H groups in total. The van der Waals surface area contributed by atoms with E-state index in [1.807, 2.05) is 0 Å². The Labute approximate surface area is 132 Å². The second-order valence-electron chi connectivity index (χ2n) is 5.60. The minimum atomic E-state index is -0.602. The number of carbonyl (C=O) groups is 1. The molecule has 23 heavy (non-hydrogen) atoms. The van der Waals surface area contributed by atoms with Crippen LogP contribution in [-0.4, -0.2) is 59.5 Å². The van der Waals surface area contributed by atoms with Crippen LogP contribution in [0.1, 0.15) is 23.2 Å². The van der Waals surface area contributed by atoms with E-state index in [2.05, 4.69) is 10.4 Å². The van der Waals surface area contributed by atoms with E-state index in [4.69, 9.17) is 9.47 Å². The number of ether oxygens (including phenoxy) is 2. The van der Waals surface area contributed by atoms with E-state index in [0.29, 0.717) is 32.9 Å². The van der Waals surface area contributed by atoms with Crippen LogP contribution in [0.25, 0.3) is 0 Å². The van der Waals surface area contributed by atoms with Crippen molar-refractivity contribution in [2.24, 2.45) is 0 Å². The summed E-state index contributed by atoms with van der Waals surface area (Å²) in [6, 6.07) is 0. The summed E-state index contributed by atoms with van der Waals surface area (Å²) < 4.78 is 11.7. The third kappa shape index (κ3) is 3.69. The second kappa shape index (κ2) is 7.07. The lowest BCUT2D eigenvalue weighted by Crippen LogP contribution is -2.50. The van der Waals surface area contributed by atoms with E-state index in [9.17, 15) is 14.4 Å². The van der Waals surface area contributed by atoms with E-state index in [0.717, 1.165) is 23.6 Å². The molecule has 9 nitrogen and oxygen atoms in total. The van der Waals surface area contributed by atoms with Crippen LogP contribution < -0.4 is 16.7 Å². The predicted octanol–water partition coefficient (Wildman–Crippen LogP) is -1.31. The zero-order valence-corrected chi connectivity index (χ0v) is 12.7. The summed E-state index contributed by atoms with van der Waals surface area (Å²) in [5.41, 5.74) is 1.44. The first-order valence-electron chi connectivity index (χ1n) is 7.73. The molecule has 0 saturated carbocycles. The molecule has 1 atom stereocenters. The van der Waals surface area contributed by atoms with E-state index in [-0.39, 0.29) is 18.2 Å². The van der Waals surface area contributed by atoms with Gasteiger partial charge < -0.3 is 14.5 Å². The number of morpholine rings is 1. The number of aromatic nitrogens is 2. The molecule has 3 rings (SSSR count). The van der Waals surface area contributed by atoms with Gasteiger partial charge in [-0.2, -0.15) is 0 Å². The third-order valence-electron chi connectivity index (χ3n) is 3.99. The first-order chi connectivity index (χ1) is 11.1. The van der Waals surface area contributed by atoms with Crippen molar-refractivity contribution in [3.63, 3.8) is 0 Å². The van der Waals surface area contributed by atoms with E-state index >= 15 is 0 Å². The van der Waals surface area contributed by atoms with Crippen LogP contribution in [-0.2, 0) is 16.0 Å². The Bertz CT molecular complexity index is 670. The van der Waals surface area contributed by atoms with Gasteiger partial charge in [0.1, 0.15) is 5.56 Å². The summed E-state index contributed by atoms with van der Waals surface area (Å²) >= 11 is 0. The zero-order chi connectivity index (χ0) is 16.2. The van der Waals surface area contributed by atoms with Crippen LogP contribution in [0, 0.1) is 0 Å². The molecular formula is C14H20N4O5. The number of rotatable bonds is 4. The number of nitrogens with zero attached hydrogens (tertiary/aromatic N) is 2. The molecule has 2 aliphatic rings. The molecule has 0 bridgehead atoms. The number of nitrogens with one attached hydrogen (secondary N) is 2. The van der Waals surface area contributed by atoms with E-state index in [1.54, 1.807) is 5.01 Å². The number of aromatic amines is 1. The highest BCUT2D eigenvalue weighted by molar-refractivity contribution is 5.93. The lowest BCUT2D eigenvalue weighted by molar-refractivity contribution is 0.0125. The van der Waals surface area contributed by atoms with Crippen LogP contribution in [0.4, 0.5) is 0 Å². The van der Waals surface area contributed by atoms with Crippen molar-refractivity contribution >= 4 is 5.91 Å². The van der Waals surface area contributed by atoms with Gasteiger partial charge in [-0.1, -0.05) is 0 Å². The minimum absolute atomic E-state index is 0.0888. The van der Waals surface area contributed by atoms with Gasteiger partial charge in [0, 0.05) is 25.9 Å². The highest BCUT2D eigenvalue weighted by atomic mass is 16.5. The van der Waals surface area contributed by atoms with Crippen molar-refractivity contribution in [2.75, 3.05) is 32.9 Å². The Hall–Kier alpha value is -1.97. The molecule has 9 heteroatoms. The Morgan fingerprint density at radius 2 is 2.09 bits per heavy atom. The quantitative estimate of drug-likeness (QED) is 0.713. The van der Waals surface area contributed by atoms with Gasteiger partial charge in [-0.15, -0.1) is 0 Å². The lowest BCUT2D eigenvalue weighted by atomic mass is 10.2. The molecule has 2 fully saturated rings. The third-order valence-corrected chi connectivity index (χ3v) is 3.99. The summed E-state index contributed by atoms with van der Waals surface area (Å²) in [7, 11) is 0. The smallest absolute Gasteiger partial charge is 0.328 e. The molecule has 126 valence electrons. The van der Waals surface area contributed by atoms with Crippen LogP contribution in [0.5, 0.6) is 0 Å². The van der Waals surface area contributed by atoms with Crippen molar-refractivity contribution in [2.45, 2.75) is 25.5 Å². The van der Waals surface area contributed by atoms with Crippen molar-refractivity contribution < 1.29 is 14.3 Å². The van der Waals surface area contributed by atoms with Crippen molar-refractivity contribution in [3.8, 4) is 0 Å². The molecule has 0 aromatic carbocycles. The molecule has 0 aliphatic carbocycles. The summed E-state index contributed by atoms with van der Waals surface area (Å²) in [5, 5.41) is 1.70. The van der Waals surface area contributed by atoms with Crippen molar-refractivity contribution in [1.82, 2.24) is 20.0 Å². The van der Waals surface area contributed by atoms with Gasteiger partial charge in [0.2, 0.25) is 0 Å². The molecule has 1 aromatic rings. The minimum Gasteiger partial charge on any atom is -0.379 e. The van der Waals surface area contributed by atoms with Gasteiger partial charge in [0.05, 0.1) is 25.9 Å². The van der Waals surface area contributed by atoms with E-state index in [1.165, 1.54) is 0 Å². The lowest BCUT2D eigenvalue weighted by Gasteiger charge is -2.26. The van der Waals surface area contributed by atoms with Crippen molar-refractivity contribution in [3.05, 3.63) is 32.6 Å². The molecule has 0 radical (unpaired) electrons. The molecule has 3 heterocycles. The van der Waals surface area contributed by atoms with Crippen LogP contribution in [0.15, 0.2) is 15.8 Å². The molecule has 1 aromatic heterocycles. The summed E-state index contributed by atoms with van der Waals surface area (Å²) in [6.45, 7) is 2.95.